The summed E-state index contributed by atoms with van der Waals surface area (Å²) >= 11 is 0. The topological polar surface area (TPSA) is 64.3 Å². The Labute approximate surface area is 114 Å². The van der Waals surface area contributed by atoms with Crippen LogP contribution in [0.25, 0.3) is 0 Å². The van der Waals surface area contributed by atoms with Crippen molar-refractivity contribution in [3.8, 4) is 5.75 Å². The van der Waals surface area contributed by atoms with E-state index in [-0.39, 0.29) is 6.61 Å². The van der Waals surface area contributed by atoms with E-state index >= 15 is 0 Å². The largest absolute Gasteiger partial charge is 0.483 e. The Balaban J connectivity index is 2.06. The molecule has 104 valence electrons. The van der Waals surface area contributed by atoms with Gasteiger partial charge in [-0.3, -0.25) is 10.2 Å². The van der Waals surface area contributed by atoms with E-state index in [1.165, 1.54) is 6.07 Å². The van der Waals surface area contributed by atoms with Gasteiger partial charge >= 0.3 is 0 Å². The average molecular weight is 278 g/mol. The Morgan fingerprint density at radius 1 is 1.10 bits per heavy atom. The SMILES string of the molecule is NNC(=O)c1ccc(COc2c(F)cccc2F)cc1. The van der Waals surface area contributed by atoms with Gasteiger partial charge in [-0.1, -0.05) is 18.2 Å². The fourth-order valence-corrected chi connectivity index (χ4v) is 1.61. The molecular formula is C14H12F2N2O2. The second kappa shape index (κ2) is 6.12. The van der Waals surface area contributed by atoms with Crippen molar-refractivity contribution in [1.82, 2.24) is 5.43 Å². The second-order valence-electron chi connectivity index (χ2n) is 4.01. The van der Waals surface area contributed by atoms with E-state index in [4.69, 9.17) is 10.6 Å². The number of nitrogen functional groups attached to an aromatic ring is 1. The van der Waals surface area contributed by atoms with E-state index in [1.54, 1.807) is 24.3 Å². The lowest BCUT2D eigenvalue weighted by molar-refractivity contribution is 0.0953. The lowest BCUT2D eigenvalue weighted by Gasteiger charge is -2.08. The number of carbonyl (C=O) groups is 1. The summed E-state index contributed by atoms with van der Waals surface area (Å²) in [6, 6.07) is 9.81. The zero-order valence-electron chi connectivity index (χ0n) is 10.4. The lowest BCUT2D eigenvalue weighted by Crippen LogP contribution is -2.29. The average Bonchev–Trinajstić information content (AvgIpc) is 2.46. The van der Waals surface area contributed by atoms with Gasteiger partial charge in [-0.15, -0.1) is 0 Å². The van der Waals surface area contributed by atoms with E-state index < -0.39 is 23.3 Å². The first-order valence-corrected chi connectivity index (χ1v) is 5.78. The molecule has 0 aliphatic carbocycles. The minimum absolute atomic E-state index is 0.0115. The van der Waals surface area contributed by atoms with E-state index in [0.717, 1.165) is 12.1 Å². The first-order chi connectivity index (χ1) is 9.61. The maximum Gasteiger partial charge on any atom is 0.265 e. The van der Waals surface area contributed by atoms with Crippen LogP contribution in [0.5, 0.6) is 5.75 Å². The summed E-state index contributed by atoms with van der Waals surface area (Å²) < 4.78 is 31.8. The smallest absolute Gasteiger partial charge is 0.265 e. The van der Waals surface area contributed by atoms with E-state index in [0.29, 0.717) is 11.1 Å². The number of hydrogen-bond donors (Lipinski definition) is 2. The van der Waals surface area contributed by atoms with Crippen LogP contribution in [0.1, 0.15) is 15.9 Å². The maximum absolute atomic E-state index is 13.3. The highest BCUT2D eigenvalue weighted by Crippen LogP contribution is 2.22. The van der Waals surface area contributed by atoms with Crippen LogP contribution < -0.4 is 16.0 Å². The molecule has 0 saturated carbocycles. The van der Waals surface area contributed by atoms with Crippen LogP contribution in [0.3, 0.4) is 0 Å². The van der Waals surface area contributed by atoms with Gasteiger partial charge in [-0.2, -0.15) is 0 Å². The third-order valence-electron chi connectivity index (χ3n) is 2.65. The van der Waals surface area contributed by atoms with Gasteiger partial charge in [0.05, 0.1) is 0 Å². The van der Waals surface area contributed by atoms with E-state index in [9.17, 15) is 13.6 Å². The molecule has 1 amide bonds. The molecule has 0 aliphatic rings. The number of hydrazine groups is 1. The molecule has 0 aromatic heterocycles. The molecule has 0 heterocycles. The van der Waals surface area contributed by atoms with Gasteiger partial charge in [0.15, 0.2) is 17.4 Å². The van der Waals surface area contributed by atoms with Crippen LogP contribution in [-0.4, -0.2) is 5.91 Å². The molecule has 0 bridgehead atoms. The van der Waals surface area contributed by atoms with Crippen molar-refractivity contribution in [3.05, 3.63) is 65.2 Å². The molecule has 0 fully saturated rings. The molecular weight excluding hydrogens is 266 g/mol. The van der Waals surface area contributed by atoms with Gasteiger partial charge in [0, 0.05) is 5.56 Å². The molecule has 20 heavy (non-hydrogen) atoms. The maximum atomic E-state index is 13.3. The molecule has 0 spiro atoms. The van der Waals surface area contributed by atoms with Crippen LogP contribution in [0.2, 0.25) is 0 Å². The van der Waals surface area contributed by atoms with Crippen molar-refractivity contribution < 1.29 is 18.3 Å². The van der Waals surface area contributed by atoms with Crippen molar-refractivity contribution in [2.24, 2.45) is 5.84 Å². The Hall–Kier alpha value is -2.47. The minimum atomic E-state index is -0.760. The number of halogens is 2. The Kier molecular flexibility index (Phi) is 4.27. The summed E-state index contributed by atoms with van der Waals surface area (Å²) in [5.41, 5.74) is 3.05. The van der Waals surface area contributed by atoms with E-state index in [1.807, 2.05) is 5.43 Å². The number of rotatable bonds is 4. The lowest BCUT2D eigenvalue weighted by atomic mass is 10.1. The monoisotopic (exact) mass is 278 g/mol. The van der Waals surface area contributed by atoms with Gasteiger partial charge in [0.1, 0.15) is 6.61 Å². The third kappa shape index (κ3) is 3.10. The number of hydrogen-bond acceptors (Lipinski definition) is 3. The molecule has 2 aromatic rings. The Morgan fingerprint density at radius 2 is 1.70 bits per heavy atom. The number of amides is 1. The normalized spacial score (nSPS) is 10.2. The number of nitrogens with two attached hydrogens (primary N) is 1. The fraction of sp³-hybridized carbons (Fsp3) is 0.0714. The first kappa shape index (κ1) is 14.0. The highest BCUT2D eigenvalue weighted by Gasteiger charge is 2.10. The molecule has 2 rings (SSSR count). The molecule has 0 atom stereocenters. The van der Waals surface area contributed by atoms with Crippen molar-refractivity contribution in [1.29, 1.82) is 0 Å². The summed E-state index contributed by atoms with van der Waals surface area (Å²) in [6.07, 6.45) is 0. The van der Waals surface area contributed by atoms with Crippen molar-refractivity contribution in [2.45, 2.75) is 6.61 Å². The number of para-hydroxylation sites is 1. The van der Waals surface area contributed by atoms with Gasteiger partial charge in [-0.05, 0) is 29.8 Å². The van der Waals surface area contributed by atoms with E-state index in [2.05, 4.69) is 0 Å². The molecule has 0 radical (unpaired) electrons. The van der Waals surface area contributed by atoms with Gasteiger partial charge in [0.25, 0.3) is 5.91 Å². The Bertz CT molecular complexity index is 595. The number of benzene rings is 2. The molecule has 0 saturated heterocycles. The third-order valence-corrected chi connectivity index (χ3v) is 2.65. The molecule has 4 nitrogen and oxygen atoms in total. The number of ether oxygens (including phenoxy) is 1. The van der Waals surface area contributed by atoms with Crippen LogP contribution in [-0.2, 0) is 6.61 Å². The molecule has 2 aromatic carbocycles. The Morgan fingerprint density at radius 3 is 2.25 bits per heavy atom. The van der Waals surface area contributed by atoms with Crippen LogP contribution in [0.4, 0.5) is 8.78 Å². The predicted molar refractivity (Wildman–Crippen MR) is 68.8 cm³/mol. The van der Waals surface area contributed by atoms with Gasteiger partial charge in [0.2, 0.25) is 0 Å². The molecule has 0 unspecified atom stereocenters. The van der Waals surface area contributed by atoms with Gasteiger partial charge < -0.3 is 4.74 Å². The minimum Gasteiger partial charge on any atom is -0.483 e. The summed E-state index contributed by atoms with van der Waals surface area (Å²) in [4.78, 5) is 11.2. The number of carbonyl (C=O) groups excluding carboxylic acids is 1. The number of nitrogens with one attached hydrogen (secondary N) is 1. The zero-order valence-corrected chi connectivity index (χ0v) is 10.4. The second-order valence-corrected chi connectivity index (χ2v) is 4.01. The quantitative estimate of drug-likeness (QED) is 0.511. The molecule has 3 N–H and O–H groups in total. The van der Waals surface area contributed by atoms with Crippen LogP contribution >= 0.6 is 0 Å². The fourth-order valence-electron chi connectivity index (χ4n) is 1.61. The van der Waals surface area contributed by atoms with Crippen LogP contribution in [0.15, 0.2) is 42.5 Å². The zero-order chi connectivity index (χ0) is 14.5. The standard InChI is InChI=1S/C14H12F2N2O2/c15-11-2-1-3-12(16)13(11)20-8-9-4-6-10(7-5-9)14(19)18-17/h1-7H,8,17H2,(H,18,19). The van der Waals surface area contributed by atoms with Crippen molar-refractivity contribution in [3.63, 3.8) is 0 Å². The van der Waals surface area contributed by atoms with Gasteiger partial charge in [-0.25, -0.2) is 14.6 Å². The summed E-state index contributed by atoms with van der Waals surface area (Å²) in [7, 11) is 0. The summed E-state index contributed by atoms with van der Waals surface area (Å²) in [6.45, 7) is -0.0115. The summed E-state index contributed by atoms with van der Waals surface area (Å²) in [5, 5.41) is 0. The molecule has 6 heteroatoms. The highest BCUT2D eigenvalue weighted by molar-refractivity contribution is 5.93. The highest BCUT2D eigenvalue weighted by atomic mass is 19.1. The van der Waals surface area contributed by atoms with Crippen molar-refractivity contribution in [2.75, 3.05) is 0 Å². The predicted octanol–water partition coefficient (Wildman–Crippen LogP) is 2.15. The van der Waals surface area contributed by atoms with Crippen LogP contribution in [0, 0.1) is 11.6 Å². The van der Waals surface area contributed by atoms with Crippen molar-refractivity contribution >= 4 is 5.91 Å². The summed E-state index contributed by atoms with van der Waals surface area (Å²) in [5.74, 6) is 2.64. The first-order valence-electron chi connectivity index (χ1n) is 5.78. The molecule has 0 aliphatic heterocycles.